The monoisotopic (exact) mass is 378 g/mol. The van der Waals surface area contributed by atoms with E-state index in [1.807, 2.05) is 0 Å². The summed E-state index contributed by atoms with van der Waals surface area (Å²) in [6, 6.07) is 6.53. The van der Waals surface area contributed by atoms with Crippen molar-refractivity contribution in [2.45, 2.75) is 13.0 Å². The number of benzene rings is 1. The van der Waals surface area contributed by atoms with E-state index in [0.717, 1.165) is 15.0 Å². The summed E-state index contributed by atoms with van der Waals surface area (Å²) in [5, 5.41) is 2.69. The minimum atomic E-state index is -3.55. The molecule has 1 aromatic rings. The molecule has 1 aromatic carbocycles. The van der Waals surface area contributed by atoms with Crippen molar-refractivity contribution in [3.8, 4) is 0 Å². The first-order valence-electron chi connectivity index (χ1n) is 6.25. The van der Waals surface area contributed by atoms with Gasteiger partial charge in [0.25, 0.3) is 0 Å². The average molecular weight is 379 g/mol. The zero-order chi connectivity index (χ0) is 16.0. The maximum absolute atomic E-state index is 11.9. The quantitative estimate of drug-likeness (QED) is 0.777. The van der Waals surface area contributed by atoms with E-state index in [0.29, 0.717) is 12.3 Å². The van der Waals surface area contributed by atoms with Gasteiger partial charge in [0.2, 0.25) is 15.9 Å². The fraction of sp³-hybridized carbons (Fsp3) is 0.462. The second-order valence-corrected chi connectivity index (χ2v) is 7.49. The highest BCUT2D eigenvalue weighted by atomic mass is 79.9. The molecule has 0 aliphatic carbocycles. The zero-order valence-electron chi connectivity index (χ0n) is 12.2. The summed E-state index contributed by atoms with van der Waals surface area (Å²) >= 11 is 3.28. The normalized spacial score (nSPS) is 12.8. The molecule has 0 aromatic heterocycles. The Hall–Kier alpha value is -1.12. The number of hydrogen-bond acceptors (Lipinski definition) is 4. The van der Waals surface area contributed by atoms with Crippen molar-refractivity contribution in [1.29, 1.82) is 0 Å². The highest BCUT2D eigenvalue weighted by Crippen LogP contribution is 2.20. The van der Waals surface area contributed by atoms with Gasteiger partial charge in [-0.25, -0.2) is 8.42 Å². The van der Waals surface area contributed by atoms with Crippen molar-refractivity contribution in [2.75, 3.05) is 30.8 Å². The summed E-state index contributed by atoms with van der Waals surface area (Å²) in [5.41, 5.74) is 0.440. The number of sulfonamides is 1. The fourth-order valence-electron chi connectivity index (χ4n) is 1.75. The Morgan fingerprint density at radius 3 is 2.43 bits per heavy atom. The molecule has 1 amide bonds. The molecule has 0 spiro atoms. The molecule has 0 fully saturated rings. The number of nitrogens with one attached hydrogen (secondary N) is 1. The Morgan fingerprint density at radius 2 is 1.95 bits per heavy atom. The lowest BCUT2D eigenvalue weighted by atomic mass is 10.3. The molecule has 0 aliphatic rings. The lowest BCUT2D eigenvalue weighted by Gasteiger charge is -2.23. The van der Waals surface area contributed by atoms with Gasteiger partial charge in [0, 0.05) is 17.6 Å². The molecule has 0 saturated heterocycles. The summed E-state index contributed by atoms with van der Waals surface area (Å²) in [6.07, 6.45) is 1.07. The first-order chi connectivity index (χ1) is 9.74. The minimum Gasteiger partial charge on any atom is -0.383 e. The first-order valence-corrected chi connectivity index (χ1v) is 8.89. The standard InChI is InChI=1S/C13H19BrN2O4S/c1-10(9-20-2)15-13(17)8-16(21(3,18)19)12-6-4-11(14)5-7-12/h4-7,10H,8-9H2,1-3H3,(H,15,17)/t10-/m1/s1. The fourth-order valence-corrected chi connectivity index (χ4v) is 2.87. The van der Waals surface area contributed by atoms with Crippen molar-refractivity contribution in [3.63, 3.8) is 0 Å². The Labute approximate surface area is 133 Å². The highest BCUT2D eigenvalue weighted by Gasteiger charge is 2.21. The molecule has 0 heterocycles. The van der Waals surface area contributed by atoms with Crippen LogP contribution < -0.4 is 9.62 Å². The van der Waals surface area contributed by atoms with Gasteiger partial charge in [-0.1, -0.05) is 15.9 Å². The molecule has 0 bridgehead atoms. The SMILES string of the molecule is COC[C@@H](C)NC(=O)CN(c1ccc(Br)cc1)S(C)(=O)=O. The van der Waals surface area contributed by atoms with Crippen LogP contribution in [0.3, 0.4) is 0 Å². The topological polar surface area (TPSA) is 75.7 Å². The zero-order valence-corrected chi connectivity index (χ0v) is 14.6. The van der Waals surface area contributed by atoms with E-state index in [1.54, 1.807) is 31.2 Å². The Kier molecular flexibility index (Phi) is 6.63. The van der Waals surface area contributed by atoms with Crippen LogP contribution in [-0.4, -0.2) is 46.9 Å². The van der Waals surface area contributed by atoms with Gasteiger partial charge in [-0.15, -0.1) is 0 Å². The van der Waals surface area contributed by atoms with Crippen molar-refractivity contribution in [2.24, 2.45) is 0 Å². The van der Waals surface area contributed by atoms with Gasteiger partial charge in [0.1, 0.15) is 6.54 Å². The van der Waals surface area contributed by atoms with Crippen LogP contribution in [0.2, 0.25) is 0 Å². The molecule has 1 atom stereocenters. The molecule has 21 heavy (non-hydrogen) atoms. The van der Waals surface area contributed by atoms with Crippen LogP contribution in [0.25, 0.3) is 0 Å². The second kappa shape index (κ2) is 7.77. The number of carbonyl (C=O) groups excluding carboxylic acids is 1. The van der Waals surface area contributed by atoms with Crippen LogP contribution in [0.15, 0.2) is 28.7 Å². The number of amides is 1. The number of anilines is 1. The number of ether oxygens (including phenoxy) is 1. The van der Waals surface area contributed by atoms with E-state index in [4.69, 9.17) is 4.74 Å². The molecule has 0 radical (unpaired) electrons. The van der Waals surface area contributed by atoms with Crippen molar-refractivity contribution < 1.29 is 17.9 Å². The van der Waals surface area contributed by atoms with E-state index >= 15 is 0 Å². The maximum atomic E-state index is 11.9. The summed E-state index contributed by atoms with van der Waals surface area (Å²) in [5.74, 6) is -0.382. The predicted octanol–water partition coefficient (Wildman–Crippen LogP) is 1.37. The Morgan fingerprint density at radius 1 is 1.38 bits per heavy atom. The molecule has 0 aliphatic heterocycles. The smallest absolute Gasteiger partial charge is 0.241 e. The van der Waals surface area contributed by atoms with E-state index in [2.05, 4.69) is 21.2 Å². The average Bonchev–Trinajstić information content (AvgIpc) is 2.36. The summed E-state index contributed by atoms with van der Waals surface area (Å²) in [4.78, 5) is 11.9. The van der Waals surface area contributed by atoms with Crippen LogP contribution in [-0.2, 0) is 19.6 Å². The summed E-state index contributed by atoms with van der Waals surface area (Å²) in [7, 11) is -2.01. The molecular formula is C13H19BrN2O4S. The Bertz CT molecular complexity index is 574. The van der Waals surface area contributed by atoms with Crippen LogP contribution in [0.1, 0.15) is 6.92 Å². The molecule has 1 rings (SSSR count). The highest BCUT2D eigenvalue weighted by molar-refractivity contribution is 9.10. The molecule has 118 valence electrons. The molecule has 8 heteroatoms. The van der Waals surface area contributed by atoms with Crippen molar-refractivity contribution in [3.05, 3.63) is 28.7 Å². The summed E-state index contributed by atoms with van der Waals surface area (Å²) in [6.45, 7) is 1.88. The summed E-state index contributed by atoms with van der Waals surface area (Å²) < 4.78 is 30.6. The number of carbonyl (C=O) groups is 1. The molecule has 1 N–H and O–H groups in total. The Balaban J connectivity index is 2.86. The van der Waals surface area contributed by atoms with Gasteiger partial charge in [0.15, 0.2) is 0 Å². The van der Waals surface area contributed by atoms with E-state index in [-0.39, 0.29) is 18.5 Å². The first kappa shape index (κ1) is 17.9. The lowest BCUT2D eigenvalue weighted by Crippen LogP contribution is -2.44. The minimum absolute atomic E-state index is 0.186. The van der Waals surface area contributed by atoms with E-state index in [9.17, 15) is 13.2 Å². The largest absolute Gasteiger partial charge is 0.383 e. The van der Waals surface area contributed by atoms with Gasteiger partial charge < -0.3 is 10.1 Å². The van der Waals surface area contributed by atoms with Crippen molar-refractivity contribution in [1.82, 2.24) is 5.32 Å². The van der Waals surface area contributed by atoms with Gasteiger partial charge in [0.05, 0.1) is 18.6 Å². The van der Waals surface area contributed by atoms with E-state index in [1.165, 1.54) is 7.11 Å². The van der Waals surface area contributed by atoms with E-state index < -0.39 is 10.0 Å². The van der Waals surface area contributed by atoms with Gasteiger partial charge in [-0.05, 0) is 31.2 Å². The van der Waals surface area contributed by atoms with Gasteiger partial charge in [-0.2, -0.15) is 0 Å². The number of nitrogens with zero attached hydrogens (tertiary/aromatic N) is 1. The predicted molar refractivity (Wildman–Crippen MR) is 85.8 cm³/mol. The number of rotatable bonds is 7. The maximum Gasteiger partial charge on any atom is 0.241 e. The second-order valence-electron chi connectivity index (χ2n) is 4.67. The third kappa shape index (κ3) is 6.03. The third-order valence-electron chi connectivity index (χ3n) is 2.63. The van der Waals surface area contributed by atoms with Crippen LogP contribution in [0.5, 0.6) is 0 Å². The van der Waals surface area contributed by atoms with Crippen molar-refractivity contribution >= 4 is 37.5 Å². The number of halogens is 1. The van der Waals surface area contributed by atoms with Crippen LogP contribution >= 0.6 is 15.9 Å². The number of methoxy groups -OCH3 is 1. The van der Waals surface area contributed by atoms with Crippen LogP contribution in [0, 0.1) is 0 Å². The number of hydrogen-bond donors (Lipinski definition) is 1. The molecule has 0 unspecified atom stereocenters. The third-order valence-corrected chi connectivity index (χ3v) is 4.30. The van der Waals surface area contributed by atoms with Gasteiger partial charge in [-0.3, -0.25) is 9.10 Å². The lowest BCUT2D eigenvalue weighted by molar-refractivity contribution is -0.120. The van der Waals surface area contributed by atoms with Gasteiger partial charge >= 0.3 is 0 Å². The molecule has 6 nitrogen and oxygen atoms in total. The molecular weight excluding hydrogens is 360 g/mol. The van der Waals surface area contributed by atoms with Crippen LogP contribution in [0.4, 0.5) is 5.69 Å². The molecule has 0 saturated carbocycles.